The van der Waals surface area contributed by atoms with Gasteiger partial charge in [-0.2, -0.15) is 0 Å². The normalized spacial score (nSPS) is 11.9. The number of aryl methyl sites for hydroxylation is 1. The number of nitrogens with one attached hydrogen (secondary N) is 1. The average Bonchev–Trinajstić information content (AvgIpc) is 2.56. The molecule has 3 nitrogen and oxygen atoms in total. The van der Waals surface area contributed by atoms with Crippen LogP contribution in [0, 0.1) is 11.6 Å². The minimum atomic E-state index is -0.603. The molecule has 0 spiro atoms. The Kier molecular flexibility index (Phi) is 6.76. The van der Waals surface area contributed by atoms with Crippen LogP contribution in [0.25, 0.3) is 0 Å². The minimum Gasteiger partial charge on any atom is -0.495 e. The summed E-state index contributed by atoms with van der Waals surface area (Å²) >= 11 is 6.05. The molecule has 0 aliphatic heterocycles. The number of hydrogen-bond acceptors (Lipinski definition) is 2. The second-order valence-electron chi connectivity index (χ2n) is 5.84. The topological polar surface area (TPSA) is 38.3 Å². The SMILES string of the molecule is COc1ccc(CCC(=O)NC(C)Cc2c(F)cccc2F)cc1Cl. The third-order valence-electron chi connectivity index (χ3n) is 3.84. The molecule has 1 N–H and O–H groups in total. The average molecular weight is 368 g/mol. The molecular weight excluding hydrogens is 348 g/mol. The van der Waals surface area contributed by atoms with E-state index >= 15 is 0 Å². The maximum atomic E-state index is 13.6. The van der Waals surface area contributed by atoms with E-state index in [1.54, 1.807) is 19.1 Å². The zero-order chi connectivity index (χ0) is 18.4. The molecule has 25 heavy (non-hydrogen) atoms. The molecule has 1 atom stereocenters. The summed E-state index contributed by atoms with van der Waals surface area (Å²) < 4.78 is 32.4. The van der Waals surface area contributed by atoms with Crippen LogP contribution in [0.15, 0.2) is 36.4 Å². The quantitative estimate of drug-likeness (QED) is 0.792. The van der Waals surface area contributed by atoms with Gasteiger partial charge in [-0.3, -0.25) is 4.79 Å². The number of carbonyl (C=O) groups excluding carboxylic acids is 1. The maximum Gasteiger partial charge on any atom is 0.220 e. The van der Waals surface area contributed by atoms with Crippen molar-refractivity contribution in [3.05, 3.63) is 64.2 Å². The second kappa shape index (κ2) is 8.81. The predicted octanol–water partition coefficient (Wildman–Crippen LogP) is 4.31. The summed E-state index contributed by atoms with van der Waals surface area (Å²) in [6.45, 7) is 1.72. The van der Waals surface area contributed by atoms with Gasteiger partial charge in [-0.05, 0) is 49.6 Å². The van der Waals surface area contributed by atoms with Crippen molar-refractivity contribution in [1.82, 2.24) is 5.32 Å². The zero-order valence-corrected chi connectivity index (χ0v) is 14.9. The Bertz CT molecular complexity index is 732. The van der Waals surface area contributed by atoms with Crippen molar-refractivity contribution in [3.63, 3.8) is 0 Å². The first kappa shape index (κ1) is 19.2. The van der Waals surface area contributed by atoms with E-state index in [0.29, 0.717) is 17.2 Å². The van der Waals surface area contributed by atoms with E-state index in [2.05, 4.69) is 5.32 Å². The highest BCUT2D eigenvalue weighted by atomic mass is 35.5. The minimum absolute atomic E-state index is 0.0164. The van der Waals surface area contributed by atoms with Crippen molar-refractivity contribution in [1.29, 1.82) is 0 Å². The lowest BCUT2D eigenvalue weighted by Gasteiger charge is -2.15. The van der Waals surface area contributed by atoms with Gasteiger partial charge in [-0.1, -0.05) is 23.7 Å². The van der Waals surface area contributed by atoms with Gasteiger partial charge in [0.1, 0.15) is 17.4 Å². The Morgan fingerprint density at radius 3 is 2.52 bits per heavy atom. The van der Waals surface area contributed by atoms with Gasteiger partial charge in [-0.25, -0.2) is 8.78 Å². The molecule has 134 valence electrons. The fourth-order valence-corrected chi connectivity index (χ4v) is 2.84. The standard InChI is InChI=1S/C19H20ClF2NO2/c1-12(10-14-16(21)4-3-5-17(14)22)23-19(24)9-7-13-6-8-18(25-2)15(20)11-13/h3-6,8,11-12H,7,9-10H2,1-2H3,(H,23,24). The van der Waals surface area contributed by atoms with Crippen LogP contribution >= 0.6 is 11.6 Å². The molecule has 0 aliphatic rings. The summed E-state index contributed by atoms with van der Waals surface area (Å²) in [7, 11) is 1.54. The molecule has 2 aromatic rings. The summed E-state index contributed by atoms with van der Waals surface area (Å²) in [5.74, 6) is -0.811. The Morgan fingerprint density at radius 2 is 1.92 bits per heavy atom. The molecule has 0 radical (unpaired) electrons. The van der Waals surface area contributed by atoms with Crippen LogP contribution in [0.3, 0.4) is 0 Å². The van der Waals surface area contributed by atoms with Crippen LogP contribution in [-0.4, -0.2) is 19.1 Å². The molecule has 0 aromatic heterocycles. The number of ether oxygens (including phenoxy) is 1. The van der Waals surface area contributed by atoms with Crippen LogP contribution in [0.1, 0.15) is 24.5 Å². The van der Waals surface area contributed by atoms with Crippen LogP contribution in [0.2, 0.25) is 5.02 Å². The monoisotopic (exact) mass is 367 g/mol. The Hall–Kier alpha value is -2.14. The van der Waals surface area contributed by atoms with Crippen LogP contribution in [0.4, 0.5) is 8.78 Å². The van der Waals surface area contributed by atoms with Gasteiger partial charge in [0.25, 0.3) is 0 Å². The molecule has 0 aliphatic carbocycles. The lowest BCUT2D eigenvalue weighted by Crippen LogP contribution is -2.34. The number of rotatable bonds is 7. The molecule has 0 fully saturated rings. The Labute approximate surface area is 151 Å². The largest absolute Gasteiger partial charge is 0.495 e. The highest BCUT2D eigenvalue weighted by Gasteiger charge is 2.14. The molecule has 2 rings (SSSR count). The predicted molar refractivity (Wildman–Crippen MR) is 94.0 cm³/mol. The van der Waals surface area contributed by atoms with Crippen LogP contribution < -0.4 is 10.1 Å². The molecule has 1 amide bonds. The summed E-state index contributed by atoms with van der Waals surface area (Å²) in [5.41, 5.74) is 0.894. The highest BCUT2D eigenvalue weighted by Crippen LogP contribution is 2.25. The lowest BCUT2D eigenvalue weighted by molar-refractivity contribution is -0.121. The van der Waals surface area contributed by atoms with Gasteiger partial charge >= 0.3 is 0 Å². The third kappa shape index (κ3) is 5.43. The number of benzene rings is 2. The zero-order valence-electron chi connectivity index (χ0n) is 14.1. The number of carbonyl (C=O) groups is 1. The van der Waals surface area contributed by atoms with Crippen molar-refractivity contribution in [2.75, 3.05) is 7.11 Å². The van der Waals surface area contributed by atoms with Gasteiger partial charge in [0.2, 0.25) is 5.91 Å². The van der Waals surface area contributed by atoms with Crippen molar-refractivity contribution in [2.24, 2.45) is 0 Å². The summed E-state index contributed by atoms with van der Waals surface area (Å²) in [4.78, 5) is 12.0. The molecule has 6 heteroatoms. The molecule has 0 bridgehead atoms. The van der Waals surface area contributed by atoms with E-state index in [-0.39, 0.29) is 30.4 Å². The van der Waals surface area contributed by atoms with E-state index in [9.17, 15) is 13.6 Å². The van der Waals surface area contributed by atoms with Crippen molar-refractivity contribution in [2.45, 2.75) is 32.2 Å². The fraction of sp³-hybridized carbons (Fsp3) is 0.316. The van der Waals surface area contributed by atoms with Gasteiger partial charge < -0.3 is 10.1 Å². The van der Waals surface area contributed by atoms with Crippen molar-refractivity contribution >= 4 is 17.5 Å². The van der Waals surface area contributed by atoms with Gasteiger partial charge in [-0.15, -0.1) is 0 Å². The number of hydrogen-bond donors (Lipinski definition) is 1. The molecule has 2 aromatic carbocycles. The van der Waals surface area contributed by atoms with E-state index in [1.165, 1.54) is 25.3 Å². The Balaban J connectivity index is 1.86. The second-order valence-corrected chi connectivity index (χ2v) is 6.25. The smallest absolute Gasteiger partial charge is 0.220 e. The molecule has 1 unspecified atom stereocenters. The van der Waals surface area contributed by atoms with E-state index in [1.807, 2.05) is 6.07 Å². The highest BCUT2D eigenvalue weighted by molar-refractivity contribution is 6.32. The van der Waals surface area contributed by atoms with Crippen molar-refractivity contribution in [3.8, 4) is 5.75 Å². The maximum absolute atomic E-state index is 13.6. The molecule has 0 heterocycles. The summed E-state index contributed by atoms with van der Waals surface area (Å²) in [6, 6.07) is 8.71. The molecular formula is C19H20ClF2NO2. The first-order valence-electron chi connectivity index (χ1n) is 7.95. The van der Waals surface area contributed by atoms with E-state index in [0.717, 1.165) is 5.56 Å². The van der Waals surface area contributed by atoms with Crippen LogP contribution in [-0.2, 0) is 17.6 Å². The first-order valence-corrected chi connectivity index (χ1v) is 8.33. The van der Waals surface area contributed by atoms with Crippen molar-refractivity contribution < 1.29 is 18.3 Å². The van der Waals surface area contributed by atoms with Crippen LogP contribution in [0.5, 0.6) is 5.75 Å². The van der Waals surface area contributed by atoms with Gasteiger partial charge in [0.15, 0.2) is 0 Å². The number of methoxy groups -OCH3 is 1. The summed E-state index contributed by atoms with van der Waals surface area (Å²) in [6.07, 6.45) is 0.863. The van der Waals surface area contributed by atoms with E-state index < -0.39 is 11.6 Å². The fourth-order valence-electron chi connectivity index (χ4n) is 2.55. The summed E-state index contributed by atoms with van der Waals surface area (Å²) in [5, 5.41) is 3.25. The third-order valence-corrected chi connectivity index (χ3v) is 4.13. The molecule has 0 saturated heterocycles. The van der Waals surface area contributed by atoms with Gasteiger partial charge in [0, 0.05) is 18.0 Å². The van der Waals surface area contributed by atoms with E-state index in [4.69, 9.17) is 16.3 Å². The van der Waals surface area contributed by atoms with Gasteiger partial charge in [0.05, 0.1) is 12.1 Å². The first-order chi connectivity index (χ1) is 11.9. The number of amides is 1. The lowest BCUT2D eigenvalue weighted by atomic mass is 10.0. The Morgan fingerprint density at radius 1 is 1.24 bits per heavy atom. The molecule has 0 saturated carbocycles. The number of halogens is 3.